The van der Waals surface area contributed by atoms with Crippen molar-refractivity contribution >= 4 is 0 Å². The van der Waals surface area contributed by atoms with Gasteiger partial charge in [0.2, 0.25) is 0 Å². The van der Waals surface area contributed by atoms with Crippen molar-refractivity contribution in [3.63, 3.8) is 0 Å². The van der Waals surface area contributed by atoms with E-state index in [1.807, 2.05) is 0 Å². The molecule has 3 heteroatoms. The monoisotopic (exact) mass is 330 g/mol. The minimum Gasteiger partial charge on any atom is -0.393 e. The van der Waals surface area contributed by atoms with E-state index in [1.54, 1.807) is 0 Å². The number of fused-ring (bicyclic) bond motifs is 4. The molecular formula is C21H30O3. The van der Waals surface area contributed by atoms with Gasteiger partial charge >= 0.3 is 0 Å². The Kier molecular flexibility index (Phi) is 3.12. The van der Waals surface area contributed by atoms with Crippen LogP contribution in [0.1, 0.15) is 58.3 Å². The predicted octanol–water partition coefficient (Wildman–Crippen LogP) is 2.74. The van der Waals surface area contributed by atoms with Crippen LogP contribution in [0.4, 0.5) is 0 Å². The molecule has 132 valence electrons. The minimum atomic E-state index is -0.330. The molecule has 1 aliphatic heterocycles. The number of hydrogen-bond donors (Lipinski definition) is 2. The van der Waals surface area contributed by atoms with Gasteiger partial charge in [-0.1, -0.05) is 12.8 Å². The SMILES string of the molecule is C#CC12CCC3C4C(O)CC5CC(O)CCC5(C)C4CCC31CO2. The van der Waals surface area contributed by atoms with Crippen molar-refractivity contribution in [1.29, 1.82) is 0 Å². The fourth-order valence-electron chi connectivity index (χ4n) is 7.96. The van der Waals surface area contributed by atoms with E-state index in [9.17, 15) is 10.2 Å². The summed E-state index contributed by atoms with van der Waals surface area (Å²) in [5.74, 6) is 4.99. The van der Waals surface area contributed by atoms with Crippen LogP contribution in [0.2, 0.25) is 0 Å². The van der Waals surface area contributed by atoms with E-state index in [0.29, 0.717) is 23.7 Å². The standard InChI is InChI=1S/C21H30O3/c1-3-21-9-6-16-18-15(5-8-20(16,21)12-24-21)19(2)7-4-14(22)10-13(19)11-17(18)23/h1,13-18,22-23H,4-12H2,2H3. The first-order valence-corrected chi connectivity index (χ1v) is 9.94. The molecule has 0 bridgehead atoms. The average Bonchev–Trinajstić information content (AvgIpc) is 2.78. The van der Waals surface area contributed by atoms with Crippen molar-refractivity contribution in [3.05, 3.63) is 0 Å². The van der Waals surface area contributed by atoms with Crippen LogP contribution in [-0.4, -0.2) is 34.6 Å². The lowest BCUT2D eigenvalue weighted by molar-refractivity contribution is -0.275. The van der Waals surface area contributed by atoms with E-state index >= 15 is 0 Å². The molecule has 9 unspecified atom stereocenters. The van der Waals surface area contributed by atoms with Gasteiger partial charge in [0.25, 0.3) is 0 Å². The van der Waals surface area contributed by atoms with Crippen molar-refractivity contribution < 1.29 is 14.9 Å². The molecule has 1 spiro atoms. The van der Waals surface area contributed by atoms with E-state index in [1.165, 1.54) is 12.8 Å². The smallest absolute Gasteiger partial charge is 0.136 e. The van der Waals surface area contributed by atoms with Crippen LogP contribution in [0.15, 0.2) is 0 Å². The minimum absolute atomic E-state index is 0.140. The van der Waals surface area contributed by atoms with Gasteiger partial charge in [-0.3, -0.25) is 0 Å². The van der Waals surface area contributed by atoms with Crippen LogP contribution in [0.3, 0.4) is 0 Å². The second-order valence-electron chi connectivity index (χ2n) is 9.72. The number of rotatable bonds is 0. The van der Waals surface area contributed by atoms with E-state index in [2.05, 4.69) is 12.8 Å². The zero-order chi connectivity index (χ0) is 16.7. The molecule has 0 radical (unpaired) electrons. The van der Waals surface area contributed by atoms with Crippen molar-refractivity contribution in [3.8, 4) is 12.3 Å². The summed E-state index contributed by atoms with van der Waals surface area (Å²) in [5, 5.41) is 21.2. The van der Waals surface area contributed by atoms with E-state index in [-0.39, 0.29) is 28.6 Å². The summed E-state index contributed by atoms with van der Waals surface area (Å²) >= 11 is 0. The average molecular weight is 330 g/mol. The normalized spacial score (nSPS) is 61.6. The lowest BCUT2D eigenvalue weighted by atomic mass is 9.43. The Morgan fingerprint density at radius 2 is 1.83 bits per heavy atom. The third-order valence-corrected chi connectivity index (χ3v) is 9.28. The molecule has 3 nitrogen and oxygen atoms in total. The Morgan fingerprint density at radius 1 is 1.04 bits per heavy atom. The first kappa shape index (κ1) is 15.7. The van der Waals surface area contributed by atoms with Gasteiger partial charge in [0.15, 0.2) is 0 Å². The van der Waals surface area contributed by atoms with Gasteiger partial charge < -0.3 is 14.9 Å². The van der Waals surface area contributed by atoms with Crippen LogP contribution in [-0.2, 0) is 4.74 Å². The number of hydrogen-bond acceptors (Lipinski definition) is 3. The highest BCUT2D eigenvalue weighted by molar-refractivity contribution is 5.30. The Balaban J connectivity index is 1.51. The summed E-state index contributed by atoms with van der Waals surface area (Å²) in [4.78, 5) is 0. The predicted molar refractivity (Wildman–Crippen MR) is 91.0 cm³/mol. The number of terminal acetylenes is 1. The molecule has 2 N–H and O–H groups in total. The lowest BCUT2D eigenvalue weighted by Gasteiger charge is -2.65. The molecule has 5 fully saturated rings. The quantitative estimate of drug-likeness (QED) is 0.672. The zero-order valence-corrected chi connectivity index (χ0v) is 14.7. The van der Waals surface area contributed by atoms with Crippen LogP contribution < -0.4 is 0 Å². The van der Waals surface area contributed by atoms with Gasteiger partial charge in [-0.25, -0.2) is 0 Å². The topological polar surface area (TPSA) is 49.7 Å². The maximum Gasteiger partial charge on any atom is 0.136 e. The van der Waals surface area contributed by atoms with Crippen molar-refractivity contribution in [2.45, 2.75) is 76.1 Å². The summed E-state index contributed by atoms with van der Waals surface area (Å²) in [5.41, 5.74) is 0.0981. The highest BCUT2D eigenvalue weighted by atomic mass is 16.5. The van der Waals surface area contributed by atoms with Crippen LogP contribution >= 0.6 is 0 Å². The number of ether oxygens (including phenoxy) is 1. The second kappa shape index (κ2) is 4.78. The van der Waals surface area contributed by atoms with Crippen molar-refractivity contribution in [2.75, 3.05) is 6.61 Å². The maximum absolute atomic E-state index is 11.1. The molecule has 5 rings (SSSR count). The zero-order valence-electron chi connectivity index (χ0n) is 14.7. The molecule has 4 aliphatic carbocycles. The molecule has 9 atom stereocenters. The fourth-order valence-corrected chi connectivity index (χ4v) is 7.96. The maximum atomic E-state index is 11.1. The Hall–Kier alpha value is -0.560. The summed E-state index contributed by atoms with van der Waals surface area (Å²) in [6.07, 6.45) is 13.7. The molecule has 5 aliphatic rings. The molecule has 0 aromatic rings. The molecule has 0 amide bonds. The molecule has 1 heterocycles. The molecule has 0 aromatic heterocycles. The van der Waals surface area contributed by atoms with Gasteiger partial charge in [0, 0.05) is 5.41 Å². The van der Waals surface area contributed by atoms with Crippen LogP contribution in [0.5, 0.6) is 0 Å². The Labute approximate surface area is 145 Å². The number of aliphatic hydroxyl groups excluding tert-OH is 2. The van der Waals surface area contributed by atoms with Crippen LogP contribution in [0, 0.1) is 46.8 Å². The van der Waals surface area contributed by atoms with Gasteiger partial charge in [0.1, 0.15) is 5.60 Å². The second-order valence-corrected chi connectivity index (χ2v) is 9.72. The lowest BCUT2D eigenvalue weighted by Crippen LogP contribution is -2.67. The van der Waals surface area contributed by atoms with Gasteiger partial charge in [-0.2, -0.15) is 0 Å². The Morgan fingerprint density at radius 3 is 2.54 bits per heavy atom. The highest BCUT2D eigenvalue weighted by Crippen LogP contribution is 2.71. The van der Waals surface area contributed by atoms with E-state index in [4.69, 9.17) is 11.2 Å². The largest absolute Gasteiger partial charge is 0.393 e. The van der Waals surface area contributed by atoms with Gasteiger partial charge in [0.05, 0.1) is 18.8 Å². The summed E-state index contributed by atoms with van der Waals surface area (Å²) < 4.78 is 5.96. The molecular weight excluding hydrogens is 300 g/mol. The number of aliphatic hydroxyl groups is 2. The van der Waals surface area contributed by atoms with E-state index in [0.717, 1.165) is 45.1 Å². The third-order valence-electron chi connectivity index (χ3n) is 9.28. The molecule has 1 saturated heterocycles. The summed E-state index contributed by atoms with van der Waals surface area (Å²) in [7, 11) is 0. The van der Waals surface area contributed by atoms with Gasteiger partial charge in [-0.05, 0) is 80.5 Å². The highest BCUT2D eigenvalue weighted by Gasteiger charge is 2.73. The first-order valence-electron chi connectivity index (χ1n) is 9.94. The fraction of sp³-hybridized carbons (Fsp3) is 0.905. The Bertz CT molecular complexity index is 596. The first-order chi connectivity index (χ1) is 11.5. The molecule has 24 heavy (non-hydrogen) atoms. The van der Waals surface area contributed by atoms with Crippen LogP contribution in [0.25, 0.3) is 0 Å². The molecule has 4 saturated carbocycles. The third kappa shape index (κ3) is 1.62. The van der Waals surface area contributed by atoms with Crippen molar-refractivity contribution in [2.24, 2.45) is 34.5 Å². The summed E-state index contributed by atoms with van der Waals surface area (Å²) in [6.45, 7) is 3.25. The molecule has 0 aromatic carbocycles. The van der Waals surface area contributed by atoms with Crippen molar-refractivity contribution in [1.82, 2.24) is 0 Å². The summed E-state index contributed by atoms with van der Waals surface area (Å²) in [6, 6.07) is 0. The van der Waals surface area contributed by atoms with Gasteiger partial charge in [-0.15, -0.1) is 6.42 Å². The van der Waals surface area contributed by atoms with E-state index < -0.39 is 0 Å².